The highest BCUT2D eigenvalue weighted by atomic mass is 35.5. The number of hydrogen-bond donors (Lipinski definition) is 1. The van der Waals surface area contributed by atoms with Crippen molar-refractivity contribution < 1.29 is 23.8 Å². The first-order chi connectivity index (χ1) is 12.4. The first-order valence-electron chi connectivity index (χ1n) is 7.32. The molecule has 0 aliphatic carbocycles. The van der Waals surface area contributed by atoms with E-state index in [2.05, 4.69) is 5.32 Å². The van der Waals surface area contributed by atoms with E-state index in [1.165, 1.54) is 44.6 Å². The SMILES string of the molecule is COc1cc(C(=O)O[C@H](C)C(=O)Nc2sccc2C#N)cc(Cl)c1OC. The molecular formula is C17H15ClN2O5S. The van der Waals surface area contributed by atoms with Gasteiger partial charge in [0.2, 0.25) is 0 Å². The number of rotatable bonds is 6. The van der Waals surface area contributed by atoms with E-state index in [-0.39, 0.29) is 16.3 Å². The van der Waals surface area contributed by atoms with E-state index >= 15 is 0 Å². The van der Waals surface area contributed by atoms with Crippen LogP contribution < -0.4 is 14.8 Å². The standard InChI is InChI=1S/C17H15ClN2O5S/c1-9(15(21)20-16-10(8-19)4-5-26-16)25-17(22)11-6-12(18)14(24-3)13(7-11)23-2/h4-7,9H,1-3H3,(H,20,21)/t9-/m1/s1. The summed E-state index contributed by atoms with van der Waals surface area (Å²) in [5.41, 5.74) is 0.453. The number of esters is 1. The second-order valence-electron chi connectivity index (χ2n) is 5.01. The summed E-state index contributed by atoms with van der Waals surface area (Å²) >= 11 is 7.27. The number of nitrogens with one attached hydrogen (secondary N) is 1. The van der Waals surface area contributed by atoms with Gasteiger partial charge in [-0.05, 0) is 30.5 Å². The molecule has 1 atom stereocenters. The maximum Gasteiger partial charge on any atom is 0.339 e. The highest BCUT2D eigenvalue weighted by Gasteiger charge is 2.22. The number of ether oxygens (including phenoxy) is 3. The minimum absolute atomic E-state index is 0.112. The topological polar surface area (TPSA) is 97.6 Å². The molecule has 2 rings (SSSR count). The largest absolute Gasteiger partial charge is 0.493 e. The van der Waals surface area contributed by atoms with Crippen LogP contribution in [0.25, 0.3) is 0 Å². The first kappa shape index (κ1) is 19.6. The van der Waals surface area contributed by atoms with Crippen LogP contribution in [0.2, 0.25) is 5.02 Å². The van der Waals surface area contributed by atoms with Crippen molar-refractivity contribution >= 4 is 39.8 Å². The molecule has 7 nitrogen and oxygen atoms in total. The summed E-state index contributed by atoms with van der Waals surface area (Å²) in [6.45, 7) is 1.43. The Morgan fingerprint density at radius 2 is 2.04 bits per heavy atom. The Labute approximate surface area is 159 Å². The number of benzene rings is 1. The molecule has 1 N–H and O–H groups in total. The zero-order chi connectivity index (χ0) is 19.3. The Morgan fingerprint density at radius 1 is 1.31 bits per heavy atom. The van der Waals surface area contributed by atoms with Gasteiger partial charge in [0.25, 0.3) is 5.91 Å². The summed E-state index contributed by atoms with van der Waals surface area (Å²) in [5, 5.41) is 13.8. The van der Waals surface area contributed by atoms with Gasteiger partial charge < -0.3 is 19.5 Å². The number of anilines is 1. The van der Waals surface area contributed by atoms with E-state index < -0.39 is 18.0 Å². The number of amides is 1. The molecule has 0 saturated heterocycles. The predicted molar refractivity (Wildman–Crippen MR) is 97.1 cm³/mol. The fraction of sp³-hybridized carbons (Fsp3) is 0.235. The van der Waals surface area contributed by atoms with E-state index in [0.29, 0.717) is 16.3 Å². The van der Waals surface area contributed by atoms with Crippen molar-refractivity contribution in [3.8, 4) is 17.6 Å². The number of halogens is 1. The molecule has 1 amide bonds. The lowest BCUT2D eigenvalue weighted by molar-refractivity contribution is -0.123. The van der Waals surface area contributed by atoms with Crippen molar-refractivity contribution in [2.24, 2.45) is 0 Å². The molecule has 0 fully saturated rings. The minimum Gasteiger partial charge on any atom is -0.493 e. The van der Waals surface area contributed by atoms with Gasteiger partial charge in [-0.2, -0.15) is 5.26 Å². The third kappa shape index (κ3) is 4.25. The monoisotopic (exact) mass is 394 g/mol. The van der Waals surface area contributed by atoms with Crippen LogP contribution in [0.15, 0.2) is 23.6 Å². The van der Waals surface area contributed by atoms with E-state index in [1.807, 2.05) is 6.07 Å². The van der Waals surface area contributed by atoms with Crippen molar-refractivity contribution in [3.63, 3.8) is 0 Å². The normalized spacial score (nSPS) is 11.2. The van der Waals surface area contributed by atoms with Crippen molar-refractivity contribution in [1.82, 2.24) is 0 Å². The van der Waals surface area contributed by atoms with Gasteiger partial charge in [0.15, 0.2) is 17.6 Å². The van der Waals surface area contributed by atoms with E-state index in [9.17, 15) is 9.59 Å². The molecule has 0 aliphatic rings. The van der Waals surface area contributed by atoms with E-state index in [1.54, 1.807) is 11.4 Å². The smallest absolute Gasteiger partial charge is 0.339 e. The molecule has 0 saturated carbocycles. The molecule has 1 heterocycles. The number of nitrogens with zero attached hydrogens (tertiary/aromatic N) is 1. The van der Waals surface area contributed by atoms with Crippen molar-refractivity contribution in [3.05, 3.63) is 39.7 Å². The van der Waals surface area contributed by atoms with Crippen LogP contribution in [0, 0.1) is 11.3 Å². The molecule has 2 aromatic rings. The second kappa shape index (κ2) is 8.56. The average Bonchev–Trinajstić information content (AvgIpc) is 3.07. The molecule has 136 valence electrons. The highest BCUT2D eigenvalue weighted by Crippen LogP contribution is 2.36. The summed E-state index contributed by atoms with van der Waals surface area (Å²) in [4.78, 5) is 24.5. The Balaban J connectivity index is 2.10. The van der Waals surface area contributed by atoms with Crippen LogP contribution in [0.1, 0.15) is 22.8 Å². The fourth-order valence-corrected chi connectivity index (χ4v) is 3.05. The lowest BCUT2D eigenvalue weighted by Gasteiger charge is -2.15. The molecule has 0 radical (unpaired) electrons. The average molecular weight is 395 g/mol. The maximum absolute atomic E-state index is 12.3. The van der Waals surface area contributed by atoms with E-state index in [4.69, 9.17) is 31.1 Å². The Morgan fingerprint density at radius 3 is 2.65 bits per heavy atom. The highest BCUT2D eigenvalue weighted by molar-refractivity contribution is 7.14. The van der Waals surface area contributed by atoms with Crippen LogP contribution >= 0.6 is 22.9 Å². The molecule has 9 heteroatoms. The van der Waals surface area contributed by atoms with Gasteiger partial charge in [-0.3, -0.25) is 4.79 Å². The lowest BCUT2D eigenvalue weighted by Crippen LogP contribution is -2.30. The minimum atomic E-state index is -1.08. The summed E-state index contributed by atoms with van der Waals surface area (Å²) in [6, 6.07) is 6.32. The first-order valence-corrected chi connectivity index (χ1v) is 8.58. The third-order valence-corrected chi connectivity index (χ3v) is 4.46. The van der Waals surface area contributed by atoms with Gasteiger partial charge in [-0.1, -0.05) is 11.6 Å². The number of nitriles is 1. The van der Waals surface area contributed by atoms with Gasteiger partial charge in [-0.15, -0.1) is 11.3 Å². The summed E-state index contributed by atoms with van der Waals surface area (Å²) in [7, 11) is 2.83. The number of hydrogen-bond acceptors (Lipinski definition) is 7. The summed E-state index contributed by atoms with van der Waals surface area (Å²) in [5.74, 6) is -0.745. The van der Waals surface area contributed by atoms with Gasteiger partial charge in [0, 0.05) is 0 Å². The number of carbonyl (C=O) groups is 2. The lowest BCUT2D eigenvalue weighted by atomic mass is 10.2. The van der Waals surface area contributed by atoms with Crippen LogP contribution in [-0.4, -0.2) is 32.2 Å². The van der Waals surface area contributed by atoms with Crippen molar-refractivity contribution in [2.75, 3.05) is 19.5 Å². The van der Waals surface area contributed by atoms with Crippen LogP contribution in [-0.2, 0) is 9.53 Å². The zero-order valence-corrected chi connectivity index (χ0v) is 15.7. The molecule has 0 bridgehead atoms. The molecule has 0 aliphatic heterocycles. The van der Waals surface area contributed by atoms with Gasteiger partial charge in [-0.25, -0.2) is 4.79 Å². The van der Waals surface area contributed by atoms with E-state index in [0.717, 1.165) is 0 Å². The van der Waals surface area contributed by atoms with Gasteiger partial charge in [0.05, 0.1) is 30.4 Å². The molecular weight excluding hydrogens is 380 g/mol. The van der Waals surface area contributed by atoms with Crippen molar-refractivity contribution in [1.29, 1.82) is 5.26 Å². The molecule has 1 aromatic carbocycles. The Hall–Kier alpha value is -2.76. The zero-order valence-electron chi connectivity index (χ0n) is 14.2. The molecule has 0 spiro atoms. The summed E-state index contributed by atoms with van der Waals surface area (Å²) < 4.78 is 15.4. The van der Waals surface area contributed by atoms with Crippen molar-refractivity contribution in [2.45, 2.75) is 13.0 Å². The Kier molecular flexibility index (Phi) is 6.44. The summed E-state index contributed by atoms with van der Waals surface area (Å²) in [6.07, 6.45) is -1.08. The maximum atomic E-state index is 12.3. The van der Waals surface area contributed by atoms with Gasteiger partial charge in [0.1, 0.15) is 11.1 Å². The number of thiophene rings is 1. The third-order valence-electron chi connectivity index (χ3n) is 3.34. The quantitative estimate of drug-likeness (QED) is 0.753. The van der Waals surface area contributed by atoms with Crippen LogP contribution in [0.3, 0.4) is 0 Å². The fourth-order valence-electron chi connectivity index (χ4n) is 2.03. The molecule has 26 heavy (non-hydrogen) atoms. The second-order valence-corrected chi connectivity index (χ2v) is 6.33. The predicted octanol–water partition coefficient (Wildman–Crippen LogP) is 3.47. The Bertz CT molecular complexity index is 875. The molecule has 1 aromatic heterocycles. The van der Waals surface area contributed by atoms with Crippen LogP contribution in [0.4, 0.5) is 5.00 Å². The van der Waals surface area contributed by atoms with Crippen LogP contribution in [0.5, 0.6) is 11.5 Å². The number of methoxy groups -OCH3 is 2. The number of carbonyl (C=O) groups excluding carboxylic acids is 2. The molecule has 0 unspecified atom stereocenters. The van der Waals surface area contributed by atoms with Gasteiger partial charge >= 0.3 is 5.97 Å².